The van der Waals surface area contributed by atoms with Gasteiger partial charge in [-0.1, -0.05) is 18.8 Å². The molecule has 0 saturated heterocycles. The van der Waals surface area contributed by atoms with Gasteiger partial charge in [-0.25, -0.2) is 0 Å². The summed E-state index contributed by atoms with van der Waals surface area (Å²) in [5, 5.41) is 2.99. The summed E-state index contributed by atoms with van der Waals surface area (Å²) in [5.41, 5.74) is 6.41. The summed E-state index contributed by atoms with van der Waals surface area (Å²) in [7, 11) is 5.54. The molecular formula is C8H14N4S. The van der Waals surface area contributed by atoms with Crippen LogP contribution in [0.4, 0.5) is 0 Å². The molecule has 0 bridgehead atoms. The zero-order chi connectivity index (χ0) is 10.2. The molecule has 0 radical (unpaired) electrons. The fraction of sp³-hybridized carbons (Fsp3) is 0.375. The Hall–Kier alpha value is -1.23. The van der Waals surface area contributed by atoms with Gasteiger partial charge in [-0.2, -0.15) is 0 Å². The van der Waals surface area contributed by atoms with Crippen LogP contribution in [0.5, 0.6) is 0 Å². The zero-order valence-electron chi connectivity index (χ0n) is 8.09. The number of hydrogen-bond donors (Lipinski definition) is 2. The smallest absolute Gasteiger partial charge is 0.134 e. The first-order valence-electron chi connectivity index (χ1n) is 3.89. The van der Waals surface area contributed by atoms with Gasteiger partial charge in [0, 0.05) is 21.1 Å². The van der Waals surface area contributed by atoms with Gasteiger partial charge in [-0.15, -0.1) is 0 Å². The van der Waals surface area contributed by atoms with Crippen LogP contribution in [0.15, 0.2) is 23.9 Å². The van der Waals surface area contributed by atoms with Crippen molar-refractivity contribution in [2.75, 3.05) is 21.1 Å². The molecule has 4 nitrogen and oxygen atoms in total. The van der Waals surface area contributed by atoms with Crippen molar-refractivity contribution in [2.24, 2.45) is 5.73 Å². The predicted molar refractivity (Wildman–Crippen MR) is 57.5 cm³/mol. The van der Waals surface area contributed by atoms with Crippen LogP contribution in [0.1, 0.15) is 0 Å². The highest BCUT2D eigenvalue weighted by molar-refractivity contribution is 7.80. The topological polar surface area (TPSA) is 44.5 Å². The van der Waals surface area contributed by atoms with Crippen molar-refractivity contribution in [3.63, 3.8) is 0 Å². The zero-order valence-corrected chi connectivity index (χ0v) is 8.90. The molecule has 0 saturated carbocycles. The van der Waals surface area contributed by atoms with Crippen molar-refractivity contribution in [1.29, 1.82) is 0 Å². The van der Waals surface area contributed by atoms with Crippen molar-refractivity contribution in [3.05, 3.63) is 23.9 Å². The first kappa shape index (κ1) is 9.85. The number of likely N-dealkylation sites (N-methyl/N-ethyl adjacent to an activating group) is 1. The Morgan fingerprint density at radius 3 is 2.38 bits per heavy atom. The van der Waals surface area contributed by atoms with Gasteiger partial charge >= 0.3 is 0 Å². The fourth-order valence-electron chi connectivity index (χ4n) is 1.24. The molecule has 0 fully saturated rings. The van der Waals surface area contributed by atoms with Gasteiger partial charge in [0.05, 0.1) is 0 Å². The normalized spacial score (nSPS) is 18.4. The molecule has 5 heteroatoms. The summed E-state index contributed by atoms with van der Waals surface area (Å²) in [4.78, 5) is 4.25. The highest BCUT2D eigenvalue weighted by Gasteiger charge is 2.25. The second kappa shape index (κ2) is 3.26. The first-order valence-corrected chi connectivity index (χ1v) is 4.29. The molecule has 0 aromatic rings. The highest BCUT2D eigenvalue weighted by Crippen LogP contribution is 2.20. The Bertz CT molecular complexity index is 295. The SMILES string of the molecule is C=C1N(C)C(=S)C(N)=C(NC)N1C. The summed E-state index contributed by atoms with van der Waals surface area (Å²) in [6.07, 6.45) is 0. The van der Waals surface area contributed by atoms with E-state index in [1.54, 1.807) is 11.9 Å². The molecule has 0 aromatic carbocycles. The molecule has 1 rings (SSSR count). The molecule has 1 aliphatic rings. The average molecular weight is 198 g/mol. The van der Waals surface area contributed by atoms with E-state index >= 15 is 0 Å². The van der Waals surface area contributed by atoms with Gasteiger partial charge in [0.15, 0.2) is 0 Å². The van der Waals surface area contributed by atoms with Crippen molar-refractivity contribution < 1.29 is 0 Å². The van der Waals surface area contributed by atoms with Crippen molar-refractivity contribution >= 4 is 17.2 Å². The summed E-state index contributed by atoms with van der Waals surface area (Å²) in [5.74, 6) is 1.61. The van der Waals surface area contributed by atoms with Crippen LogP contribution in [0.3, 0.4) is 0 Å². The van der Waals surface area contributed by atoms with Crippen molar-refractivity contribution in [1.82, 2.24) is 15.1 Å². The number of nitrogens with two attached hydrogens (primary N) is 1. The second-order valence-corrected chi connectivity index (χ2v) is 3.24. The molecule has 0 aliphatic carbocycles. The monoisotopic (exact) mass is 198 g/mol. The van der Waals surface area contributed by atoms with Crippen LogP contribution in [-0.4, -0.2) is 35.9 Å². The third kappa shape index (κ3) is 1.35. The number of thiocarbonyl (C=S) groups is 1. The Labute approximate surface area is 83.7 Å². The van der Waals surface area contributed by atoms with E-state index in [0.29, 0.717) is 10.7 Å². The lowest BCUT2D eigenvalue weighted by molar-refractivity contribution is 0.364. The van der Waals surface area contributed by atoms with E-state index < -0.39 is 0 Å². The first-order chi connectivity index (χ1) is 6.00. The van der Waals surface area contributed by atoms with Gasteiger partial charge in [-0.05, 0) is 0 Å². The quantitative estimate of drug-likeness (QED) is 0.581. The predicted octanol–water partition coefficient (Wildman–Crippen LogP) is 0.00940. The fourth-order valence-corrected chi connectivity index (χ4v) is 1.44. The van der Waals surface area contributed by atoms with Gasteiger partial charge in [0.25, 0.3) is 0 Å². The van der Waals surface area contributed by atoms with Gasteiger partial charge < -0.3 is 20.9 Å². The van der Waals surface area contributed by atoms with E-state index in [0.717, 1.165) is 11.6 Å². The Morgan fingerprint density at radius 1 is 1.38 bits per heavy atom. The molecule has 0 spiro atoms. The van der Waals surface area contributed by atoms with Crippen LogP contribution in [-0.2, 0) is 0 Å². The minimum absolute atomic E-state index is 0.579. The molecule has 3 N–H and O–H groups in total. The Kier molecular flexibility index (Phi) is 2.47. The molecule has 13 heavy (non-hydrogen) atoms. The Morgan fingerprint density at radius 2 is 1.92 bits per heavy atom. The molecule has 0 unspecified atom stereocenters. The highest BCUT2D eigenvalue weighted by atomic mass is 32.1. The van der Waals surface area contributed by atoms with Crippen molar-refractivity contribution in [2.45, 2.75) is 0 Å². The maximum Gasteiger partial charge on any atom is 0.134 e. The summed E-state index contributed by atoms with van der Waals surface area (Å²) in [6, 6.07) is 0. The van der Waals surface area contributed by atoms with E-state index in [2.05, 4.69) is 11.9 Å². The van der Waals surface area contributed by atoms with E-state index in [4.69, 9.17) is 18.0 Å². The molecule has 72 valence electrons. The summed E-state index contributed by atoms with van der Waals surface area (Å²) in [6.45, 7) is 3.89. The number of nitrogens with zero attached hydrogens (tertiary/aromatic N) is 2. The third-order valence-corrected chi connectivity index (χ3v) is 2.63. The maximum atomic E-state index is 5.83. The molecular weight excluding hydrogens is 184 g/mol. The van der Waals surface area contributed by atoms with Gasteiger partial charge in [-0.3, -0.25) is 0 Å². The van der Waals surface area contributed by atoms with E-state index in [9.17, 15) is 0 Å². The second-order valence-electron chi connectivity index (χ2n) is 2.85. The van der Waals surface area contributed by atoms with Crippen LogP contribution in [0.2, 0.25) is 0 Å². The van der Waals surface area contributed by atoms with Gasteiger partial charge in [0.1, 0.15) is 22.3 Å². The maximum absolute atomic E-state index is 5.83. The molecule has 0 amide bonds. The lowest BCUT2D eigenvalue weighted by Gasteiger charge is -2.37. The third-order valence-electron chi connectivity index (χ3n) is 2.14. The van der Waals surface area contributed by atoms with Gasteiger partial charge in [0.2, 0.25) is 0 Å². The van der Waals surface area contributed by atoms with Crippen LogP contribution in [0, 0.1) is 0 Å². The largest absolute Gasteiger partial charge is 0.393 e. The average Bonchev–Trinajstić information content (AvgIpc) is 2.13. The minimum atomic E-state index is 0.579. The summed E-state index contributed by atoms with van der Waals surface area (Å²) < 4.78 is 0. The Balaban J connectivity index is 3.18. The van der Waals surface area contributed by atoms with Crippen LogP contribution in [0.25, 0.3) is 0 Å². The molecule has 0 aromatic heterocycles. The lowest BCUT2D eigenvalue weighted by Crippen LogP contribution is -2.45. The minimum Gasteiger partial charge on any atom is -0.393 e. The number of nitrogens with one attached hydrogen (secondary N) is 1. The van der Waals surface area contributed by atoms with Crippen LogP contribution >= 0.6 is 12.2 Å². The number of hydrogen-bond acceptors (Lipinski definition) is 4. The molecule has 1 aliphatic heterocycles. The van der Waals surface area contributed by atoms with Crippen LogP contribution < -0.4 is 11.1 Å². The number of rotatable bonds is 1. The standard InChI is InChI=1S/C8H14N4S/c1-5-11(3)7(10-2)6(9)8(13)12(5)4/h10H,1,9H2,2-4H3. The van der Waals surface area contributed by atoms with E-state index in [1.165, 1.54) is 0 Å². The lowest BCUT2D eigenvalue weighted by atomic mass is 10.3. The molecule has 1 heterocycles. The van der Waals surface area contributed by atoms with Crippen molar-refractivity contribution in [3.8, 4) is 0 Å². The van der Waals surface area contributed by atoms with E-state index in [1.807, 2.05) is 19.0 Å². The summed E-state index contributed by atoms with van der Waals surface area (Å²) >= 11 is 5.14. The molecule has 0 atom stereocenters. The van der Waals surface area contributed by atoms with E-state index in [-0.39, 0.29) is 0 Å².